The maximum absolute atomic E-state index is 12.3. The lowest BCUT2D eigenvalue weighted by atomic mass is 9.58. The lowest BCUT2D eigenvalue weighted by molar-refractivity contribution is -0.210. The maximum atomic E-state index is 12.3. The summed E-state index contributed by atoms with van der Waals surface area (Å²) in [5.41, 5.74) is 1.10. The van der Waals surface area contributed by atoms with E-state index in [4.69, 9.17) is 4.74 Å². The number of hydrogen-bond donors (Lipinski definition) is 1. The monoisotopic (exact) mass is 309 g/mol. The van der Waals surface area contributed by atoms with Gasteiger partial charge in [-0.1, -0.05) is 10.3 Å². The second kappa shape index (κ2) is 5.96. The minimum Gasteiger partial charge on any atom is -0.392 e. The van der Waals surface area contributed by atoms with E-state index in [2.05, 4.69) is 14.9 Å². The number of piperidine rings is 1. The molecule has 0 radical (unpaired) electrons. The molecular weight excluding hydrogens is 286 g/mol. The zero-order chi connectivity index (χ0) is 15.7. The topological polar surface area (TPSA) is 88.7 Å². The highest BCUT2D eigenvalue weighted by Gasteiger charge is 2.56. The van der Waals surface area contributed by atoms with E-state index in [9.17, 15) is 9.90 Å². The Morgan fingerprint density at radius 3 is 2.73 bits per heavy atom. The molecule has 1 saturated carbocycles. The van der Waals surface area contributed by atoms with E-state index < -0.39 is 0 Å². The van der Waals surface area contributed by atoms with Crippen LogP contribution in [0.4, 0.5) is 0 Å². The number of rotatable bonds is 4. The first-order chi connectivity index (χ1) is 10.6. The van der Waals surface area contributed by atoms with Gasteiger partial charge in [-0.05, 0) is 26.7 Å². The van der Waals surface area contributed by atoms with Crippen molar-refractivity contribution in [2.75, 3.05) is 19.7 Å². The third kappa shape index (κ3) is 2.52. The summed E-state index contributed by atoms with van der Waals surface area (Å²) >= 11 is 0. The summed E-state index contributed by atoms with van der Waals surface area (Å²) in [6.07, 6.45) is 2.35. The molecule has 1 saturated heterocycles. The van der Waals surface area contributed by atoms with Gasteiger partial charge in [0.15, 0.2) is 0 Å². The molecule has 1 spiro atoms. The van der Waals surface area contributed by atoms with Crippen LogP contribution < -0.4 is 0 Å². The molecule has 2 aliphatic rings. The molecule has 7 heteroatoms. The fraction of sp³-hybridized carbons (Fsp3) is 0.800. The molecule has 1 aliphatic carbocycles. The van der Waals surface area contributed by atoms with Gasteiger partial charge in [-0.25, -0.2) is 4.63 Å². The van der Waals surface area contributed by atoms with Gasteiger partial charge >= 0.3 is 0 Å². The molecule has 3 rings (SSSR count). The molecule has 1 amide bonds. The van der Waals surface area contributed by atoms with Crippen molar-refractivity contribution in [3.05, 3.63) is 11.4 Å². The highest BCUT2D eigenvalue weighted by Crippen LogP contribution is 2.50. The van der Waals surface area contributed by atoms with Crippen LogP contribution in [0.2, 0.25) is 0 Å². The zero-order valence-electron chi connectivity index (χ0n) is 13.1. The van der Waals surface area contributed by atoms with E-state index in [1.54, 1.807) is 6.92 Å². The Labute approximate surface area is 129 Å². The standard InChI is InChI=1S/C15H23N3O4/c1-3-21-13-9-12(19)15(13)4-6-18(7-5-15)14(20)8-11-10(2)16-22-17-11/h12-13,19H,3-9H2,1-2H3/t12-,13+/m1/s1. The second-order valence-electron chi connectivity index (χ2n) is 6.28. The van der Waals surface area contributed by atoms with Crippen LogP contribution in [0.15, 0.2) is 4.63 Å². The minimum absolute atomic E-state index is 0.0374. The van der Waals surface area contributed by atoms with Gasteiger partial charge in [0.2, 0.25) is 5.91 Å². The number of carbonyl (C=O) groups excluding carboxylic acids is 1. The predicted molar refractivity (Wildman–Crippen MR) is 77.0 cm³/mol. The molecule has 2 heterocycles. The number of amides is 1. The number of carbonyl (C=O) groups is 1. The molecule has 2 atom stereocenters. The molecule has 0 unspecified atom stereocenters. The number of hydrogen-bond acceptors (Lipinski definition) is 6. The molecule has 122 valence electrons. The van der Waals surface area contributed by atoms with Gasteiger partial charge in [-0.2, -0.15) is 0 Å². The van der Waals surface area contributed by atoms with Crippen molar-refractivity contribution in [1.82, 2.24) is 15.2 Å². The van der Waals surface area contributed by atoms with Gasteiger partial charge in [0.25, 0.3) is 0 Å². The van der Waals surface area contributed by atoms with Gasteiger partial charge < -0.3 is 14.7 Å². The van der Waals surface area contributed by atoms with Crippen LogP contribution in [-0.4, -0.2) is 58.1 Å². The number of aliphatic hydroxyl groups excluding tert-OH is 1. The maximum Gasteiger partial charge on any atom is 0.228 e. The normalized spacial score (nSPS) is 27.0. The van der Waals surface area contributed by atoms with E-state index in [1.165, 1.54) is 0 Å². The quantitative estimate of drug-likeness (QED) is 0.880. The van der Waals surface area contributed by atoms with Crippen molar-refractivity contribution < 1.29 is 19.3 Å². The molecule has 0 aromatic carbocycles. The van der Waals surface area contributed by atoms with Crippen molar-refractivity contribution in [3.8, 4) is 0 Å². The fourth-order valence-corrected chi connectivity index (χ4v) is 3.65. The number of aryl methyl sites for hydroxylation is 1. The van der Waals surface area contributed by atoms with Gasteiger partial charge in [-0.15, -0.1) is 0 Å². The van der Waals surface area contributed by atoms with E-state index in [1.807, 2.05) is 11.8 Å². The van der Waals surface area contributed by atoms with Gasteiger partial charge in [0.1, 0.15) is 11.4 Å². The number of nitrogens with zero attached hydrogens (tertiary/aromatic N) is 3. The largest absolute Gasteiger partial charge is 0.392 e. The number of ether oxygens (including phenoxy) is 1. The lowest BCUT2D eigenvalue weighted by Crippen LogP contribution is -2.62. The predicted octanol–water partition coefficient (Wildman–Crippen LogP) is 0.699. The van der Waals surface area contributed by atoms with Crippen LogP contribution in [-0.2, 0) is 16.0 Å². The Morgan fingerprint density at radius 2 is 2.18 bits per heavy atom. The van der Waals surface area contributed by atoms with Crippen molar-refractivity contribution in [3.63, 3.8) is 0 Å². The Hall–Kier alpha value is -1.47. The first kappa shape index (κ1) is 15.4. The van der Waals surface area contributed by atoms with E-state index in [-0.39, 0.29) is 30.0 Å². The molecule has 1 aromatic heterocycles. The smallest absolute Gasteiger partial charge is 0.228 e. The van der Waals surface area contributed by atoms with Gasteiger partial charge in [0, 0.05) is 31.5 Å². The molecular formula is C15H23N3O4. The van der Waals surface area contributed by atoms with Crippen molar-refractivity contribution >= 4 is 5.91 Å². The van der Waals surface area contributed by atoms with E-state index >= 15 is 0 Å². The summed E-state index contributed by atoms with van der Waals surface area (Å²) < 4.78 is 10.4. The second-order valence-corrected chi connectivity index (χ2v) is 6.28. The summed E-state index contributed by atoms with van der Waals surface area (Å²) in [4.78, 5) is 14.2. The molecule has 2 fully saturated rings. The SMILES string of the molecule is CCO[C@H]1C[C@@H](O)C12CCN(C(=O)Cc1nonc1C)CC2. The Kier molecular flexibility index (Phi) is 4.18. The Balaban J connectivity index is 1.57. The van der Waals surface area contributed by atoms with Crippen LogP contribution in [0.1, 0.15) is 37.6 Å². The molecule has 1 N–H and O–H groups in total. The van der Waals surface area contributed by atoms with E-state index in [0.29, 0.717) is 37.5 Å². The zero-order valence-corrected chi connectivity index (χ0v) is 13.1. The average molecular weight is 309 g/mol. The Morgan fingerprint density at radius 1 is 1.45 bits per heavy atom. The first-order valence-electron chi connectivity index (χ1n) is 7.92. The fourth-order valence-electron chi connectivity index (χ4n) is 3.65. The number of likely N-dealkylation sites (tertiary alicyclic amines) is 1. The highest BCUT2D eigenvalue weighted by atomic mass is 16.6. The van der Waals surface area contributed by atoms with Crippen molar-refractivity contribution in [2.45, 2.75) is 51.7 Å². The molecule has 1 aliphatic heterocycles. The summed E-state index contributed by atoms with van der Waals surface area (Å²) in [5.74, 6) is 0.0374. The summed E-state index contributed by atoms with van der Waals surface area (Å²) in [6.45, 7) is 5.74. The Bertz CT molecular complexity index is 535. The van der Waals surface area contributed by atoms with Crippen LogP contribution in [0.25, 0.3) is 0 Å². The summed E-state index contributed by atoms with van der Waals surface area (Å²) in [5, 5.41) is 17.6. The molecule has 22 heavy (non-hydrogen) atoms. The molecule has 0 bridgehead atoms. The average Bonchev–Trinajstić information content (AvgIpc) is 2.92. The number of aromatic nitrogens is 2. The van der Waals surface area contributed by atoms with Gasteiger partial charge in [0.05, 0.1) is 18.6 Å². The summed E-state index contributed by atoms with van der Waals surface area (Å²) in [7, 11) is 0. The minimum atomic E-state index is -0.303. The van der Waals surface area contributed by atoms with Crippen molar-refractivity contribution in [1.29, 1.82) is 0 Å². The first-order valence-corrected chi connectivity index (χ1v) is 7.92. The van der Waals surface area contributed by atoms with Crippen molar-refractivity contribution in [2.24, 2.45) is 5.41 Å². The van der Waals surface area contributed by atoms with Crippen LogP contribution in [0.5, 0.6) is 0 Å². The molecule has 7 nitrogen and oxygen atoms in total. The third-order valence-electron chi connectivity index (χ3n) is 5.22. The highest BCUT2D eigenvalue weighted by molar-refractivity contribution is 5.78. The van der Waals surface area contributed by atoms with Crippen LogP contribution in [0, 0.1) is 12.3 Å². The summed E-state index contributed by atoms with van der Waals surface area (Å²) in [6, 6.07) is 0. The van der Waals surface area contributed by atoms with Gasteiger partial charge in [-0.3, -0.25) is 4.79 Å². The third-order valence-corrected chi connectivity index (χ3v) is 5.22. The van der Waals surface area contributed by atoms with Crippen LogP contribution >= 0.6 is 0 Å². The van der Waals surface area contributed by atoms with E-state index in [0.717, 1.165) is 12.8 Å². The lowest BCUT2D eigenvalue weighted by Gasteiger charge is -2.56. The number of aliphatic hydroxyl groups is 1. The van der Waals surface area contributed by atoms with Crippen LogP contribution in [0.3, 0.4) is 0 Å². The molecule has 1 aromatic rings.